The van der Waals surface area contributed by atoms with E-state index in [-0.39, 0.29) is 12.4 Å². The molecule has 1 aromatic carbocycles. The van der Waals surface area contributed by atoms with Gasteiger partial charge in [-0.2, -0.15) is 0 Å². The summed E-state index contributed by atoms with van der Waals surface area (Å²) in [5, 5.41) is 9.59. The first-order chi connectivity index (χ1) is 10.2. The Labute approximate surface area is 121 Å². The molecule has 0 bridgehead atoms. The minimum Gasteiger partial charge on any atom is -0.496 e. The van der Waals surface area contributed by atoms with Crippen LogP contribution in [0.2, 0.25) is 0 Å². The molecule has 0 aliphatic rings. The van der Waals surface area contributed by atoms with Crippen molar-refractivity contribution in [3.05, 3.63) is 65.4 Å². The number of aromatic nitrogens is 2. The lowest BCUT2D eigenvalue weighted by atomic mass is 10.1. The Morgan fingerprint density at radius 3 is 2.81 bits per heavy atom. The number of ether oxygens (including phenoxy) is 1. The fourth-order valence-electron chi connectivity index (χ4n) is 2.45. The molecule has 0 spiro atoms. The predicted molar refractivity (Wildman–Crippen MR) is 76.9 cm³/mol. The van der Waals surface area contributed by atoms with Crippen LogP contribution in [-0.2, 0) is 13.0 Å². The van der Waals surface area contributed by atoms with Crippen molar-refractivity contribution < 1.29 is 14.2 Å². The summed E-state index contributed by atoms with van der Waals surface area (Å²) in [5.74, 6) is 0.406. The van der Waals surface area contributed by atoms with E-state index in [9.17, 15) is 9.50 Å². The van der Waals surface area contributed by atoms with Crippen molar-refractivity contribution in [2.75, 3.05) is 7.11 Å². The molecular weight excluding hydrogens is 271 g/mol. The third-order valence-corrected chi connectivity index (χ3v) is 3.46. The highest BCUT2D eigenvalue weighted by atomic mass is 19.1. The summed E-state index contributed by atoms with van der Waals surface area (Å²) in [6.07, 6.45) is 1.85. The number of halogens is 1. The van der Waals surface area contributed by atoms with E-state index in [0.717, 1.165) is 11.3 Å². The summed E-state index contributed by atoms with van der Waals surface area (Å²) in [6.45, 7) is -0.199. The maximum absolute atomic E-state index is 13.4. The molecule has 2 aromatic heterocycles. The Morgan fingerprint density at radius 1 is 1.24 bits per heavy atom. The van der Waals surface area contributed by atoms with Gasteiger partial charge in [0.2, 0.25) is 0 Å². The van der Waals surface area contributed by atoms with E-state index in [2.05, 4.69) is 4.98 Å². The lowest BCUT2D eigenvalue weighted by Gasteiger charge is -2.07. The van der Waals surface area contributed by atoms with Gasteiger partial charge in [0.25, 0.3) is 0 Å². The van der Waals surface area contributed by atoms with Crippen molar-refractivity contribution in [3.8, 4) is 5.75 Å². The van der Waals surface area contributed by atoms with E-state index < -0.39 is 0 Å². The number of hydrogen-bond donors (Lipinski definition) is 1. The van der Waals surface area contributed by atoms with Crippen molar-refractivity contribution in [2.24, 2.45) is 0 Å². The van der Waals surface area contributed by atoms with Crippen LogP contribution >= 0.6 is 0 Å². The average molecular weight is 286 g/mol. The molecule has 0 amide bonds. The number of pyridine rings is 1. The Hall–Kier alpha value is -2.40. The number of rotatable bonds is 4. The lowest BCUT2D eigenvalue weighted by Crippen LogP contribution is -1.99. The summed E-state index contributed by atoms with van der Waals surface area (Å²) in [6, 6.07) is 10.6. The molecule has 108 valence electrons. The van der Waals surface area contributed by atoms with Gasteiger partial charge in [0, 0.05) is 18.2 Å². The molecule has 0 aliphatic carbocycles. The largest absolute Gasteiger partial charge is 0.496 e. The average Bonchev–Trinajstić information content (AvgIpc) is 2.84. The van der Waals surface area contributed by atoms with Gasteiger partial charge in [-0.15, -0.1) is 0 Å². The summed E-state index contributed by atoms with van der Waals surface area (Å²) in [5.41, 5.74) is 2.90. The van der Waals surface area contributed by atoms with Crippen LogP contribution in [0, 0.1) is 5.82 Å². The van der Waals surface area contributed by atoms with Gasteiger partial charge in [0.1, 0.15) is 17.2 Å². The summed E-state index contributed by atoms with van der Waals surface area (Å²) < 4.78 is 20.3. The molecule has 0 atom stereocenters. The van der Waals surface area contributed by atoms with Crippen molar-refractivity contribution >= 4 is 5.65 Å². The number of fused-ring (bicyclic) bond motifs is 1. The first kappa shape index (κ1) is 13.6. The molecule has 0 radical (unpaired) electrons. The quantitative estimate of drug-likeness (QED) is 0.802. The number of para-hydroxylation sites is 1. The number of aliphatic hydroxyl groups is 1. The van der Waals surface area contributed by atoms with Crippen LogP contribution in [0.4, 0.5) is 4.39 Å². The van der Waals surface area contributed by atoms with Crippen LogP contribution in [0.3, 0.4) is 0 Å². The molecule has 0 saturated heterocycles. The Bertz CT molecular complexity index is 783. The van der Waals surface area contributed by atoms with Crippen molar-refractivity contribution in [2.45, 2.75) is 13.0 Å². The first-order valence-electron chi connectivity index (χ1n) is 6.61. The molecular formula is C16H15FN2O2. The number of benzene rings is 1. The van der Waals surface area contributed by atoms with Gasteiger partial charge in [-0.05, 0) is 18.2 Å². The predicted octanol–water partition coefficient (Wildman–Crippen LogP) is 2.57. The molecule has 0 aliphatic heterocycles. The molecule has 0 saturated carbocycles. The molecule has 3 rings (SSSR count). The third kappa shape index (κ3) is 2.48. The Morgan fingerprint density at radius 2 is 2.05 bits per heavy atom. The monoisotopic (exact) mass is 286 g/mol. The zero-order valence-corrected chi connectivity index (χ0v) is 11.6. The van der Waals surface area contributed by atoms with Gasteiger partial charge in [-0.3, -0.25) is 4.40 Å². The van der Waals surface area contributed by atoms with Gasteiger partial charge >= 0.3 is 0 Å². The van der Waals surface area contributed by atoms with Crippen LogP contribution in [0.1, 0.15) is 17.0 Å². The van der Waals surface area contributed by atoms with Crippen molar-refractivity contribution in [1.29, 1.82) is 0 Å². The summed E-state index contributed by atoms with van der Waals surface area (Å²) in [7, 11) is 1.62. The van der Waals surface area contributed by atoms with Gasteiger partial charge in [-0.1, -0.05) is 18.2 Å². The topological polar surface area (TPSA) is 46.8 Å². The number of methoxy groups -OCH3 is 1. The second-order valence-corrected chi connectivity index (χ2v) is 4.73. The smallest absolute Gasteiger partial charge is 0.139 e. The molecule has 4 nitrogen and oxygen atoms in total. The molecule has 3 aromatic rings. The fourth-order valence-corrected chi connectivity index (χ4v) is 2.45. The number of nitrogens with zero attached hydrogens (tertiary/aromatic N) is 2. The number of imidazole rings is 1. The van der Waals surface area contributed by atoms with Gasteiger partial charge in [0.05, 0.1) is 25.1 Å². The molecule has 2 heterocycles. The van der Waals surface area contributed by atoms with Crippen molar-refractivity contribution in [3.63, 3.8) is 0 Å². The first-order valence-corrected chi connectivity index (χ1v) is 6.61. The van der Waals surface area contributed by atoms with Crippen LogP contribution in [0.15, 0.2) is 42.6 Å². The third-order valence-electron chi connectivity index (χ3n) is 3.46. The summed E-state index contributed by atoms with van der Waals surface area (Å²) >= 11 is 0. The van der Waals surface area contributed by atoms with E-state index in [4.69, 9.17) is 4.74 Å². The van der Waals surface area contributed by atoms with Gasteiger partial charge < -0.3 is 9.84 Å². The van der Waals surface area contributed by atoms with Crippen LogP contribution < -0.4 is 4.74 Å². The molecule has 0 fully saturated rings. The second-order valence-electron chi connectivity index (χ2n) is 4.73. The highest BCUT2D eigenvalue weighted by molar-refractivity contribution is 5.46. The lowest BCUT2D eigenvalue weighted by molar-refractivity contribution is 0.274. The van der Waals surface area contributed by atoms with Gasteiger partial charge in [-0.25, -0.2) is 9.37 Å². The van der Waals surface area contributed by atoms with Gasteiger partial charge in [0.15, 0.2) is 0 Å². The van der Waals surface area contributed by atoms with E-state index >= 15 is 0 Å². The van der Waals surface area contributed by atoms with Crippen LogP contribution in [0.5, 0.6) is 5.75 Å². The summed E-state index contributed by atoms with van der Waals surface area (Å²) in [4.78, 5) is 4.48. The second kappa shape index (κ2) is 5.54. The molecule has 1 N–H and O–H groups in total. The maximum Gasteiger partial charge on any atom is 0.139 e. The zero-order chi connectivity index (χ0) is 14.8. The maximum atomic E-state index is 13.4. The SMILES string of the molecule is COc1ccccc1Cc1nc2ccc(F)cn2c1CO. The van der Waals surface area contributed by atoms with Crippen molar-refractivity contribution in [1.82, 2.24) is 9.38 Å². The van der Waals surface area contributed by atoms with E-state index in [1.54, 1.807) is 17.6 Å². The minimum atomic E-state index is -0.363. The highest BCUT2D eigenvalue weighted by Crippen LogP contribution is 2.23. The standard InChI is InChI=1S/C16H15FN2O2/c1-21-15-5-3-2-4-11(15)8-13-14(10-20)19-9-12(17)6-7-16(19)18-13/h2-7,9,20H,8,10H2,1H3. The van der Waals surface area contributed by atoms with Crippen LogP contribution in [-0.4, -0.2) is 21.6 Å². The van der Waals surface area contributed by atoms with E-state index in [0.29, 0.717) is 23.5 Å². The Balaban J connectivity index is 2.08. The molecule has 0 unspecified atom stereocenters. The van der Waals surface area contributed by atoms with E-state index in [1.807, 2.05) is 24.3 Å². The zero-order valence-electron chi connectivity index (χ0n) is 11.6. The Kier molecular flexibility index (Phi) is 3.58. The highest BCUT2D eigenvalue weighted by Gasteiger charge is 2.14. The van der Waals surface area contributed by atoms with E-state index in [1.165, 1.54) is 12.3 Å². The molecule has 21 heavy (non-hydrogen) atoms. The van der Waals surface area contributed by atoms with Crippen LogP contribution in [0.25, 0.3) is 5.65 Å². The minimum absolute atomic E-state index is 0.199. The number of aliphatic hydroxyl groups excluding tert-OH is 1. The normalized spacial score (nSPS) is 11.0. The fraction of sp³-hybridized carbons (Fsp3) is 0.188. The number of hydrogen-bond acceptors (Lipinski definition) is 3. The molecule has 5 heteroatoms.